The number of amides is 3. The highest BCUT2D eigenvalue weighted by Crippen LogP contribution is 2.36. The minimum absolute atomic E-state index is 0.000122. The number of carbonyl (C=O) groups excluding carboxylic acids is 2. The standard InChI is InChI=1S/C37H46FN5O4/c1-5-8-18-42-19-16-29(17-20-42)43-21-15-25-22-26(9-14-33(25)43)36(44)39-28-10-12-30(13-11-28)47-35-23-31(38)32(24-34(35)46-4)41-37(45)40-27(6-2)7-3/h9-15,21-24,27,29H,5-8,16-20H2,1-4H3,(H,39,44)(H2,40,41,45). The smallest absolute Gasteiger partial charge is 0.319 e. The minimum Gasteiger partial charge on any atom is -0.493 e. The van der Waals surface area contributed by atoms with Crippen molar-refractivity contribution in [2.45, 2.75) is 71.4 Å². The minimum atomic E-state index is -0.663. The zero-order chi connectivity index (χ0) is 33.3. The Morgan fingerprint density at radius 3 is 2.36 bits per heavy atom. The van der Waals surface area contributed by atoms with E-state index in [1.165, 1.54) is 38.6 Å². The second-order valence-electron chi connectivity index (χ2n) is 12.1. The third kappa shape index (κ3) is 8.43. The Kier molecular flexibility index (Phi) is 11.4. The molecule has 3 amide bonds. The quantitative estimate of drug-likeness (QED) is 0.136. The van der Waals surface area contributed by atoms with Gasteiger partial charge in [0.1, 0.15) is 5.75 Å². The molecule has 0 spiro atoms. The highest BCUT2D eigenvalue weighted by Gasteiger charge is 2.22. The van der Waals surface area contributed by atoms with Gasteiger partial charge in [-0.1, -0.05) is 27.2 Å². The lowest BCUT2D eigenvalue weighted by atomic mass is 10.0. The summed E-state index contributed by atoms with van der Waals surface area (Å²) in [6.07, 6.45) is 8.45. The maximum atomic E-state index is 14.9. The Morgan fingerprint density at radius 1 is 0.936 bits per heavy atom. The summed E-state index contributed by atoms with van der Waals surface area (Å²) in [5.74, 6) is -0.0489. The first-order valence-corrected chi connectivity index (χ1v) is 16.7. The zero-order valence-electron chi connectivity index (χ0n) is 27.8. The average molecular weight is 644 g/mol. The molecule has 0 atom stereocenters. The number of halogens is 1. The third-order valence-corrected chi connectivity index (χ3v) is 8.92. The molecule has 1 fully saturated rings. The molecule has 2 heterocycles. The van der Waals surface area contributed by atoms with Gasteiger partial charge in [-0.25, -0.2) is 9.18 Å². The predicted octanol–water partition coefficient (Wildman–Crippen LogP) is 8.58. The lowest BCUT2D eigenvalue weighted by Crippen LogP contribution is -2.37. The Bertz CT molecular complexity index is 1660. The van der Waals surface area contributed by atoms with Crippen LogP contribution in [0.5, 0.6) is 17.2 Å². The number of anilines is 2. The van der Waals surface area contributed by atoms with Gasteiger partial charge in [-0.2, -0.15) is 0 Å². The van der Waals surface area contributed by atoms with Crippen molar-refractivity contribution >= 4 is 34.2 Å². The molecule has 5 rings (SSSR count). The van der Waals surface area contributed by atoms with Crippen molar-refractivity contribution in [3.8, 4) is 17.2 Å². The second kappa shape index (κ2) is 15.8. The fraction of sp³-hybridized carbons (Fsp3) is 0.405. The number of aromatic nitrogens is 1. The van der Waals surface area contributed by atoms with Gasteiger partial charge in [-0.15, -0.1) is 0 Å². The summed E-state index contributed by atoms with van der Waals surface area (Å²) in [5, 5.41) is 9.35. The van der Waals surface area contributed by atoms with E-state index in [4.69, 9.17) is 9.47 Å². The number of rotatable bonds is 13. The van der Waals surface area contributed by atoms with Crippen LogP contribution in [0.3, 0.4) is 0 Å². The lowest BCUT2D eigenvalue weighted by molar-refractivity contribution is 0.102. The summed E-state index contributed by atoms with van der Waals surface area (Å²) in [7, 11) is 1.44. The van der Waals surface area contributed by atoms with Crippen LogP contribution < -0.4 is 25.4 Å². The number of piperidine rings is 1. The van der Waals surface area contributed by atoms with Crippen LogP contribution in [0.25, 0.3) is 10.9 Å². The van der Waals surface area contributed by atoms with Gasteiger partial charge in [0.2, 0.25) is 0 Å². The van der Waals surface area contributed by atoms with Gasteiger partial charge in [0.15, 0.2) is 17.3 Å². The van der Waals surface area contributed by atoms with Crippen molar-refractivity contribution in [2.24, 2.45) is 0 Å². The van der Waals surface area contributed by atoms with Gasteiger partial charge in [-0.3, -0.25) is 4.79 Å². The lowest BCUT2D eigenvalue weighted by Gasteiger charge is -2.33. The fourth-order valence-electron chi connectivity index (χ4n) is 6.07. The summed E-state index contributed by atoms with van der Waals surface area (Å²) >= 11 is 0. The second-order valence-corrected chi connectivity index (χ2v) is 12.1. The van der Waals surface area contributed by atoms with E-state index < -0.39 is 11.8 Å². The third-order valence-electron chi connectivity index (χ3n) is 8.92. The maximum Gasteiger partial charge on any atom is 0.319 e. The number of unbranched alkanes of at least 4 members (excludes halogenated alkanes) is 1. The van der Waals surface area contributed by atoms with Crippen LogP contribution in [-0.4, -0.2) is 54.2 Å². The molecule has 0 saturated carbocycles. The first-order valence-electron chi connectivity index (χ1n) is 16.7. The SMILES string of the molecule is CCCCN1CCC(n2ccc3cc(C(=O)Nc4ccc(Oc5cc(F)c(NC(=O)NC(CC)CC)cc5OC)cc4)ccc32)CC1. The van der Waals surface area contributed by atoms with E-state index in [2.05, 4.69) is 44.6 Å². The monoisotopic (exact) mass is 643 g/mol. The first kappa shape index (κ1) is 33.8. The molecule has 0 radical (unpaired) electrons. The number of carbonyl (C=O) groups is 2. The van der Waals surface area contributed by atoms with E-state index in [1.807, 2.05) is 32.0 Å². The number of methoxy groups -OCH3 is 1. The molecule has 1 saturated heterocycles. The number of benzene rings is 3. The molecule has 47 heavy (non-hydrogen) atoms. The van der Waals surface area contributed by atoms with E-state index in [9.17, 15) is 14.0 Å². The summed E-state index contributed by atoms with van der Waals surface area (Å²) in [5.41, 5.74) is 2.30. The molecule has 0 unspecified atom stereocenters. The maximum absolute atomic E-state index is 14.9. The number of fused-ring (bicyclic) bond motifs is 1. The molecule has 0 aliphatic carbocycles. The largest absolute Gasteiger partial charge is 0.493 e. The average Bonchev–Trinajstić information content (AvgIpc) is 3.52. The van der Waals surface area contributed by atoms with Gasteiger partial charge in [0, 0.05) is 65.7 Å². The molecular weight excluding hydrogens is 597 g/mol. The van der Waals surface area contributed by atoms with Crippen molar-refractivity contribution in [1.82, 2.24) is 14.8 Å². The molecule has 10 heteroatoms. The normalized spacial score (nSPS) is 13.9. The van der Waals surface area contributed by atoms with E-state index >= 15 is 0 Å². The Morgan fingerprint density at radius 2 is 1.68 bits per heavy atom. The predicted molar refractivity (Wildman–Crippen MR) is 186 cm³/mol. The van der Waals surface area contributed by atoms with Crippen LogP contribution >= 0.6 is 0 Å². The van der Waals surface area contributed by atoms with Gasteiger partial charge in [-0.05, 0) is 87.2 Å². The molecule has 4 aromatic rings. The van der Waals surface area contributed by atoms with Crippen LogP contribution in [0.15, 0.2) is 66.9 Å². The molecule has 1 aliphatic heterocycles. The summed E-state index contributed by atoms with van der Waals surface area (Å²) in [6.45, 7) is 9.63. The molecule has 1 aliphatic rings. The summed E-state index contributed by atoms with van der Waals surface area (Å²) in [6, 6.07) is 17.3. The molecule has 9 nitrogen and oxygen atoms in total. The summed E-state index contributed by atoms with van der Waals surface area (Å²) in [4.78, 5) is 28.0. The number of urea groups is 1. The van der Waals surface area contributed by atoms with E-state index in [1.54, 1.807) is 24.3 Å². The molecule has 1 aromatic heterocycles. The molecule has 0 bridgehead atoms. The molecule has 3 N–H and O–H groups in total. The fourth-order valence-corrected chi connectivity index (χ4v) is 6.07. The van der Waals surface area contributed by atoms with Gasteiger partial charge >= 0.3 is 6.03 Å². The van der Waals surface area contributed by atoms with Crippen molar-refractivity contribution in [2.75, 3.05) is 37.4 Å². The van der Waals surface area contributed by atoms with Gasteiger partial charge < -0.3 is 34.9 Å². The van der Waals surface area contributed by atoms with E-state index in [0.29, 0.717) is 23.0 Å². The van der Waals surface area contributed by atoms with Gasteiger partial charge in [0.25, 0.3) is 5.91 Å². The Balaban J connectivity index is 1.19. The number of hydrogen-bond acceptors (Lipinski definition) is 5. The van der Waals surface area contributed by atoms with Crippen molar-refractivity contribution < 1.29 is 23.5 Å². The first-order chi connectivity index (χ1) is 22.8. The van der Waals surface area contributed by atoms with Crippen molar-refractivity contribution in [3.05, 3.63) is 78.2 Å². The molecule has 250 valence electrons. The number of hydrogen-bond donors (Lipinski definition) is 3. The number of ether oxygens (including phenoxy) is 2. The Hall–Kier alpha value is -4.57. The number of nitrogens with one attached hydrogen (secondary N) is 3. The summed E-state index contributed by atoms with van der Waals surface area (Å²) < 4.78 is 28.6. The van der Waals surface area contributed by atoms with Crippen molar-refractivity contribution in [1.29, 1.82) is 0 Å². The number of nitrogens with zero attached hydrogens (tertiary/aromatic N) is 2. The van der Waals surface area contributed by atoms with E-state index in [0.717, 1.165) is 49.7 Å². The molecule has 3 aromatic carbocycles. The van der Waals surface area contributed by atoms with Crippen LogP contribution in [0, 0.1) is 5.82 Å². The number of likely N-dealkylation sites (tertiary alicyclic amines) is 1. The van der Waals surface area contributed by atoms with E-state index in [-0.39, 0.29) is 29.1 Å². The highest BCUT2D eigenvalue weighted by molar-refractivity contribution is 6.06. The van der Waals surface area contributed by atoms with Crippen LogP contribution in [0.2, 0.25) is 0 Å². The zero-order valence-corrected chi connectivity index (χ0v) is 27.8. The van der Waals surface area contributed by atoms with Crippen LogP contribution in [-0.2, 0) is 0 Å². The van der Waals surface area contributed by atoms with Crippen LogP contribution in [0.1, 0.15) is 75.7 Å². The molecular formula is C37H46FN5O4. The van der Waals surface area contributed by atoms with Crippen molar-refractivity contribution in [3.63, 3.8) is 0 Å². The highest BCUT2D eigenvalue weighted by atomic mass is 19.1. The van der Waals surface area contributed by atoms with Crippen LogP contribution in [0.4, 0.5) is 20.6 Å². The topological polar surface area (TPSA) is 96.9 Å². The van der Waals surface area contributed by atoms with Gasteiger partial charge in [0.05, 0.1) is 12.8 Å². The Labute approximate surface area is 276 Å².